The van der Waals surface area contributed by atoms with E-state index >= 15 is 0 Å². The average Bonchev–Trinajstić information content (AvgIpc) is 3.00. The number of nitrogens with two attached hydrogens (primary N) is 1. The first kappa shape index (κ1) is 24.9. The van der Waals surface area contributed by atoms with E-state index in [1.54, 1.807) is 27.7 Å². The number of halogens is 1. The van der Waals surface area contributed by atoms with Crippen molar-refractivity contribution in [3.05, 3.63) is 27.7 Å². The maximum Gasteiger partial charge on any atom is 0.434 e. The highest BCUT2D eigenvalue weighted by Crippen LogP contribution is 2.40. The van der Waals surface area contributed by atoms with E-state index in [1.807, 2.05) is 12.1 Å². The largest absolute Gasteiger partial charge is 0.442 e. The minimum absolute atomic E-state index is 0.0593. The molecule has 2 aliphatic rings. The molecule has 10 heteroatoms. The summed E-state index contributed by atoms with van der Waals surface area (Å²) in [4.78, 5) is 55.5. The lowest BCUT2D eigenvalue weighted by Crippen LogP contribution is -2.51. The van der Waals surface area contributed by atoms with E-state index in [-0.39, 0.29) is 30.5 Å². The summed E-state index contributed by atoms with van der Waals surface area (Å²) in [7, 11) is 0. The zero-order valence-corrected chi connectivity index (χ0v) is 20.8. The fourth-order valence-corrected chi connectivity index (χ4v) is 4.60. The number of nitrogens with zero attached hydrogens (tertiary/aromatic N) is 2. The number of rotatable bonds is 5. The van der Waals surface area contributed by atoms with Gasteiger partial charge in [0.05, 0.1) is 5.69 Å². The van der Waals surface area contributed by atoms with Crippen molar-refractivity contribution in [3.8, 4) is 0 Å². The Hall–Kier alpha value is -2.75. The topological polar surface area (TPSA) is 131 Å². The van der Waals surface area contributed by atoms with E-state index in [9.17, 15) is 19.2 Å². The van der Waals surface area contributed by atoms with Crippen LogP contribution in [0.15, 0.2) is 21.6 Å². The molecule has 0 saturated carbocycles. The first-order chi connectivity index (χ1) is 15.4. The van der Waals surface area contributed by atoms with Gasteiger partial charge in [-0.05, 0) is 70.2 Å². The van der Waals surface area contributed by atoms with E-state index < -0.39 is 29.6 Å². The minimum Gasteiger partial charge on any atom is -0.442 e. The van der Waals surface area contributed by atoms with Gasteiger partial charge in [0.15, 0.2) is 0 Å². The molecule has 0 saturated heterocycles. The molecule has 1 aromatic carbocycles. The second kappa shape index (κ2) is 9.62. The summed E-state index contributed by atoms with van der Waals surface area (Å²) in [5.41, 5.74) is 6.99. The Morgan fingerprint density at radius 2 is 1.94 bits per heavy atom. The van der Waals surface area contributed by atoms with Crippen LogP contribution in [-0.4, -0.2) is 47.2 Å². The van der Waals surface area contributed by atoms with Crippen LogP contribution in [-0.2, 0) is 32.0 Å². The van der Waals surface area contributed by atoms with E-state index in [0.29, 0.717) is 24.9 Å². The minimum atomic E-state index is -0.835. The highest BCUT2D eigenvalue weighted by atomic mass is 79.9. The average molecular weight is 521 g/mol. The van der Waals surface area contributed by atoms with Gasteiger partial charge < -0.3 is 15.8 Å². The Kier molecular flexibility index (Phi) is 7.26. The van der Waals surface area contributed by atoms with Crippen LogP contribution >= 0.6 is 15.9 Å². The Morgan fingerprint density at radius 1 is 1.27 bits per heavy atom. The van der Waals surface area contributed by atoms with Crippen molar-refractivity contribution in [2.45, 2.75) is 77.5 Å². The number of ether oxygens (including phenoxy) is 1. The predicted molar refractivity (Wildman–Crippen MR) is 127 cm³/mol. The van der Waals surface area contributed by atoms with E-state index in [4.69, 9.17) is 10.5 Å². The van der Waals surface area contributed by atoms with Crippen molar-refractivity contribution in [1.82, 2.24) is 5.32 Å². The molecule has 3 N–H and O–H groups in total. The Bertz CT molecular complexity index is 1030. The molecular formula is C23H29BrN4O5. The van der Waals surface area contributed by atoms with Crippen LogP contribution in [0.25, 0.3) is 0 Å². The van der Waals surface area contributed by atoms with Crippen molar-refractivity contribution in [3.63, 3.8) is 0 Å². The summed E-state index contributed by atoms with van der Waals surface area (Å²) in [6.07, 6.45) is 0.797. The van der Waals surface area contributed by atoms with Crippen LogP contribution in [0.2, 0.25) is 0 Å². The molecule has 0 radical (unpaired) electrons. The Labute approximate surface area is 201 Å². The number of carbonyl (C=O) groups is 4. The molecule has 178 valence electrons. The number of benzene rings is 1. The second-order valence-corrected chi connectivity index (χ2v) is 10.3. The molecule has 0 spiro atoms. The lowest BCUT2D eigenvalue weighted by Gasteiger charge is -2.26. The Balaban J connectivity index is 1.91. The third-order valence-electron chi connectivity index (χ3n) is 5.43. The van der Waals surface area contributed by atoms with Gasteiger partial charge in [0.25, 0.3) is 5.91 Å². The maximum atomic E-state index is 13.5. The molecule has 2 atom stereocenters. The van der Waals surface area contributed by atoms with Gasteiger partial charge in [0.2, 0.25) is 11.8 Å². The molecule has 1 aromatic rings. The van der Waals surface area contributed by atoms with Crippen molar-refractivity contribution in [1.29, 1.82) is 0 Å². The van der Waals surface area contributed by atoms with E-state index in [1.165, 1.54) is 4.90 Å². The molecule has 2 heterocycles. The highest BCUT2D eigenvalue weighted by molar-refractivity contribution is 9.10. The van der Waals surface area contributed by atoms with Crippen molar-refractivity contribution in [2.75, 3.05) is 4.90 Å². The molecule has 2 aliphatic heterocycles. The fourth-order valence-electron chi connectivity index (χ4n) is 4.05. The smallest absolute Gasteiger partial charge is 0.434 e. The van der Waals surface area contributed by atoms with Gasteiger partial charge >= 0.3 is 6.09 Å². The highest BCUT2D eigenvalue weighted by Gasteiger charge is 2.43. The molecule has 0 aliphatic carbocycles. The Morgan fingerprint density at radius 3 is 2.58 bits per heavy atom. The number of hydrogen-bond acceptors (Lipinski definition) is 5. The molecular weight excluding hydrogens is 492 g/mol. The normalized spacial score (nSPS) is 19.7. The third-order valence-corrected chi connectivity index (χ3v) is 5.89. The SMILES string of the molecule is C[C@H](CCC(N)=O)NC(=O)[C@@H]1Cc2cc(Br)cc3c2N1C(=O)/C(=N/C(=O)OC(C)(C)C)CC3. The molecule has 4 amide bonds. The zero-order valence-electron chi connectivity index (χ0n) is 19.2. The van der Waals surface area contributed by atoms with Gasteiger partial charge in [0, 0.05) is 23.4 Å². The van der Waals surface area contributed by atoms with Crippen molar-refractivity contribution >= 4 is 51.1 Å². The number of amides is 4. The standard InChI is InChI=1S/C23H29BrN4O5/c1-12(5-8-18(25)29)26-20(30)17-11-14-10-15(24)9-13-6-7-16(21(31)28(17)19(13)14)27-22(32)33-23(2,3)4/h9-10,12,17H,5-8,11H2,1-4H3,(H2,25,29)(H,26,30)/b27-16+/t12-,17+/m1/s1. The number of anilines is 1. The van der Waals surface area contributed by atoms with Crippen LogP contribution in [0.4, 0.5) is 10.5 Å². The van der Waals surface area contributed by atoms with Crippen LogP contribution in [0.1, 0.15) is 58.1 Å². The molecule has 0 fully saturated rings. The number of aliphatic imine (C=N–C) groups is 1. The summed E-state index contributed by atoms with van der Waals surface area (Å²) >= 11 is 3.51. The van der Waals surface area contributed by atoms with Crippen LogP contribution in [0, 0.1) is 0 Å². The van der Waals surface area contributed by atoms with Crippen molar-refractivity contribution in [2.24, 2.45) is 10.7 Å². The molecule has 3 rings (SSSR count). The van der Waals surface area contributed by atoms with Gasteiger partial charge in [-0.15, -0.1) is 0 Å². The molecule has 9 nitrogen and oxygen atoms in total. The molecule has 0 aromatic heterocycles. The maximum absolute atomic E-state index is 13.5. The molecule has 0 unspecified atom stereocenters. The lowest BCUT2D eigenvalue weighted by atomic mass is 10.0. The second-order valence-electron chi connectivity index (χ2n) is 9.42. The number of primary amides is 1. The fraction of sp³-hybridized carbons (Fsp3) is 0.522. The van der Waals surface area contributed by atoms with Gasteiger partial charge in [-0.1, -0.05) is 15.9 Å². The van der Waals surface area contributed by atoms with Gasteiger partial charge in [-0.25, -0.2) is 4.79 Å². The molecule has 33 heavy (non-hydrogen) atoms. The number of nitrogens with one attached hydrogen (secondary N) is 1. The van der Waals surface area contributed by atoms with E-state index in [0.717, 1.165) is 15.6 Å². The third kappa shape index (κ3) is 5.98. The van der Waals surface area contributed by atoms with Crippen LogP contribution in [0.5, 0.6) is 0 Å². The monoisotopic (exact) mass is 520 g/mol. The molecule has 0 bridgehead atoms. The summed E-state index contributed by atoms with van der Waals surface area (Å²) in [5, 5.41) is 2.88. The van der Waals surface area contributed by atoms with E-state index in [2.05, 4.69) is 26.2 Å². The number of hydrogen-bond donors (Lipinski definition) is 2. The van der Waals surface area contributed by atoms with Crippen molar-refractivity contribution < 1.29 is 23.9 Å². The lowest BCUT2D eigenvalue weighted by molar-refractivity contribution is -0.125. The summed E-state index contributed by atoms with van der Waals surface area (Å²) < 4.78 is 6.11. The summed E-state index contributed by atoms with van der Waals surface area (Å²) in [5.74, 6) is -1.26. The quantitative estimate of drug-likeness (QED) is 0.615. The van der Waals surface area contributed by atoms with Crippen LogP contribution < -0.4 is 16.0 Å². The summed E-state index contributed by atoms with van der Waals surface area (Å²) in [6, 6.07) is 2.74. The van der Waals surface area contributed by atoms with Crippen LogP contribution in [0.3, 0.4) is 0 Å². The van der Waals surface area contributed by atoms with Gasteiger partial charge in [-0.3, -0.25) is 19.3 Å². The van der Waals surface area contributed by atoms with Gasteiger partial charge in [0.1, 0.15) is 17.4 Å². The zero-order chi connectivity index (χ0) is 24.5. The predicted octanol–water partition coefficient (Wildman–Crippen LogP) is 2.80. The first-order valence-electron chi connectivity index (χ1n) is 10.9. The summed E-state index contributed by atoms with van der Waals surface area (Å²) in [6.45, 7) is 6.95. The number of aryl methyl sites for hydroxylation is 1. The number of carbonyl (C=O) groups excluding carboxylic acids is 4. The van der Waals surface area contributed by atoms with Gasteiger partial charge in [-0.2, -0.15) is 4.99 Å². The first-order valence-corrected chi connectivity index (χ1v) is 11.7.